The molecule has 3 aliphatic rings. The summed E-state index contributed by atoms with van der Waals surface area (Å²) < 4.78 is 0. The van der Waals surface area contributed by atoms with Crippen molar-refractivity contribution in [3.05, 3.63) is 71.9 Å². The molecule has 0 bridgehead atoms. The Hall–Kier alpha value is -6.13. The Kier molecular flexibility index (Phi) is 14.1. The van der Waals surface area contributed by atoms with Crippen LogP contribution in [0.1, 0.15) is 78.5 Å². The molecule has 2 saturated heterocycles. The number of nitrogens with zero attached hydrogens (tertiary/aromatic N) is 7. The van der Waals surface area contributed by atoms with Gasteiger partial charge in [-0.3, -0.25) is 38.8 Å². The minimum atomic E-state index is -1.40. The van der Waals surface area contributed by atoms with Crippen molar-refractivity contribution >= 4 is 53.0 Å². The largest absolute Gasteiger partial charge is 0.347 e. The van der Waals surface area contributed by atoms with Crippen LogP contribution in [0.4, 0.5) is 22.2 Å². The number of pyridine rings is 1. The first-order chi connectivity index (χ1) is 28.3. The van der Waals surface area contributed by atoms with Gasteiger partial charge >= 0.3 is 6.03 Å². The first-order valence-corrected chi connectivity index (χ1v) is 20.4. The van der Waals surface area contributed by atoms with Crippen LogP contribution in [0.5, 0.6) is 0 Å². The van der Waals surface area contributed by atoms with E-state index in [1.54, 1.807) is 77.4 Å². The van der Waals surface area contributed by atoms with Gasteiger partial charge in [-0.25, -0.2) is 9.78 Å². The van der Waals surface area contributed by atoms with Crippen molar-refractivity contribution in [3.63, 3.8) is 0 Å². The van der Waals surface area contributed by atoms with E-state index >= 15 is 0 Å². The van der Waals surface area contributed by atoms with Gasteiger partial charge in [-0.15, -0.1) is 0 Å². The summed E-state index contributed by atoms with van der Waals surface area (Å²) in [6, 6.07) is 0.596. The average molecular weight is 826 g/mol. The van der Waals surface area contributed by atoms with Gasteiger partial charge in [0.15, 0.2) is 0 Å². The maximum atomic E-state index is 14.1. The van der Waals surface area contributed by atoms with Gasteiger partial charge in [0.1, 0.15) is 29.5 Å². The number of nitrogens with one attached hydrogen (secondary N) is 4. The minimum absolute atomic E-state index is 0.0393. The van der Waals surface area contributed by atoms with E-state index in [0.717, 1.165) is 5.69 Å². The van der Waals surface area contributed by atoms with E-state index in [0.29, 0.717) is 48.7 Å². The summed E-state index contributed by atoms with van der Waals surface area (Å²) >= 11 is 0. The molecule has 0 aliphatic carbocycles. The van der Waals surface area contributed by atoms with Crippen molar-refractivity contribution in [2.24, 2.45) is 11.8 Å². The number of amides is 7. The molecule has 5 rings (SSSR count). The number of carbonyl (C=O) groups excluding carboxylic acids is 6. The zero-order valence-corrected chi connectivity index (χ0v) is 36.3. The second-order valence-electron chi connectivity index (χ2n) is 16.9. The Morgan fingerprint density at radius 1 is 1.07 bits per heavy atom. The predicted molar refractivity (Wildman–Crippen MR) is 227 cm³/mol. The molecule has 0 aromatic carbocycles. The fraction of sp³-hybridized carbons (Fsp3) is 0.512. The first kappa shape index (κ1) is 45.0. The SMILES string of the molecule is C/C=C/C=C(\C=C\N1Cc2cnc(Nc3ccc(C)nc3)nc2N(C)C1=O)C(=O)N[C@H]1CC(C)C2CC[C@@H](C(=O)NC(C)(C)C(=O)N[C@@H](CC(C)C)C(=O)N(C)C)N2C1=O. The van der Waals surface area contributed by atoms with Crippen LogP contribution in [-0.2, 0) is 30.5 Å². The molecule has 17 nitrogen and oxygen atoms in total. The van der Waals surface area contributed by atoms with E-state index in [1.165, 1.54) is 27.0 Å². The van der Waals surface area contributed by atoms with Crippen LogP contribution in [0.15, 0.2) is 60.6 Å². The quantitative estimate of drug-likeness (QED) is 0.161. The van der Waals surface area contributed by atoms with Gasteiger partial charge in [-0.2, -0.15) is 4.98 Å². The van der Waals surface area contributed by atoms with Crippen molar-refractivity contribution in [2.75, 3.05) is 31.4 Å². The zero-order chi connectivity index (χ0) is 44.1. The molecule has 0 radical (unpaired) electrons. The summed E-state index contributed by atoms with van der Waals surface area (Å²) in [6.45, 7) is 12.9. The lowest BCUT2D eigenvalue weighted by Crippen LogP contribution is -2.64. The van der Waals surface area contributed by atoms with Crippen LogP contribution in [0.25, 0.3) is 0 Å². The van der Waals surface area contributed by atoms with Crippen LogP contribution in [0.2, 0.25) is 0 Å². The number of allylic oxidation sites excluding steroid dienone is 3. The Bertz CT molecular complexity index is 2060. The summed E-state index contributed by atoms with van der Waals surface area (Å²) in [7, 11) is 4.86. The minimum Gasteiger partial charge on any atom is -0.347 e. The number of fused-ring (bicyclic) bond motifs is 2. The fourth-order valence-electron chi connectivity index (χ4n) is 7.69. The van der Waals surface area contributed by atoms with Gasteiger partial charge in [0.05, 0.1) is 18.4 Å². The van der Waals surface area contributed by atoms with E-state index in [4.69, 9.17) is 0 Å². The van der Waals surface area contributed by atoms with Gasteiger partial charge in [-0.05, 0) is 89.5 Å². The molecule has 60 heavy (non-hydrogen) atoms. The molecule has 3 aliphatic heterocycles. The van der Waals surface area contributed by atoms with E-state index in [1.807, 2.05) is 39.8 Å². The van der Waals surface area contributed by atoms with E-state index in [2.05, 4.69) is 36.2 Å². The fourth-order valence-corrected chi connectivity index (χ4v) is 7.69. The van der Waals surface area contributed by atoms with Crippen LogP contribution >= 0.6 is 0 Å². The molecule has 4 N–H and O–H groups in total. The number of likely N-dealkylation sites (N-methyl/N-ethyl adjacent to an activating group) is 1. The molecule has 5 atom stereocenters. The number of anilines is 3. The van der Waals surface area contributed by atoms with E-state index in [9.17, 15) is 28.8 Å². The monoisotopic (exact) mass is 825 g/mol. The number of rotatable bonds is 14. The van der Waals surface area contributed by atoms with E-state index < -0.39 is 41.4 Å². The van der Waals surface area contributed by atoms with Crippen molar-refractivity contribution in [1.82, 2.24) is 45.6 Å². The number of aromatic nitrogens is 3. The number of aryl methyl sites for hydroxylation is 1. The molecule has 17 heteroatoms. The lowest BCUT2D eigenvalue weighted by atomic mass is 9.87. The highest BCUT2D eigenvalue weighted by Crippen LogP contribution is 2.37. The van der Waals surface area contributed by atoms with Crippen molar-refractivity contribution < 1.29 is 28.8 Å². The zero-order valence-electron chi connectivity index (χ0n) is 36.3. The summed E-state index contributed by atoms with van der Waals surface area (Å²) in [5.74, 6) is -1.31. The highest BCUT2D eigenvalue weighted by atomic mass is 16.2. The van der Waals surface area contributed by atoms with Crippen LogP contribution in [0, 0.1) is 18.8 Å². The summed E-state index contributed by atoms with van der Waals surface area (Å²) in [5.41, 5.74) is 1.07. The molecule has 2 aromatic rings. The molecule has 2 unspecified atom stereocenters. The number of piperidine rings is 1. The van der Waals surface area contributed by atoms with Crippen LogP contribution in [-0.4, -0.2) is 116 Å². The molecule has 0 spiro atoms. The van der Waals surface area contributed by atoms with Crippen molar-refractivity contribution in [3.8, 4) is 0 Å². The molecule has 2 fully saturated rings. The molecular weight excluding hydrogens is 767 g/mol. The molecule has 7 amide bonds. The second kappa shape index (κ2) is 18.8. The first-order valence-electron chi connectivity index (χ1n) is 20.4. The van der Waals surface area contributed by atoms with E-state index in [-0.39, 0.29) is 47.8 Å². The standard InChI is InChI=1S/C43H59N11O6/c1-11-12-13-28(18-19-53-24-29-22-45-41(49-35(29)52(10)42(53)60)46-30-15-14-27(5)44-23-30)36(55)47-32-21-26(4)33-16-17-34(54(33)39(32)58)37(56)50-43(6,7)40(59)48-31(20-25(2)3)38(57)51(8)9/h11-15,18-19,22-23,25-26,31-34H,16-17,20-21,24H2,1-10H3,(H,47,55)(H,48,59)(H,50,56)(H,45,46,49)/b12-11+,19-18+,28-13+/t26?,31-,32-,33?,34-/m0/s1. The third-order valence-corrected chi connectivity index (χ3v) is 11.0. The number of urea groups is 1. The summed E-state index contributed by atoms with van der Waals surface area (Å²) in [5, 5.41) is 11.7. The average Bonchev–Trinajstić information content (AvgIpc) is 3.65. The smallest absolute Gasteiger partial charge is 0.329 e. The Labute approximate surface area is 352 Å². The molecule has 5 heterocycles. The van der Waals surface area contributed by atoms with Crippen molar-refractivity contribution in [1.29, 1.82) is 0 Å². The third-order valence-electron chi connectivity index (χ3n) is 11.0. The molecule has 2 aromatic heterocycles. The molecule has 0 saturated carbocycles. The number of hydrogen-bond acceptors (Lipinski definition) is 10. The van der Waals surface area contributed by atoms with Gasteiger partial charge in [0.2, 0.25) is 29.6 Å². The van der Waals surface area contributed by atoms with Crippen molar-refractivity contribution in [2.45, 2.75) is 110 Å². The summed E-state index contributed by atoms with van der Waals surface area (Å²) in [6.07, 6.45) is 13.2. The van der Waals surface area contributed by atoms with Crippen LogP contribution in [0.3, 0.4) is 0 Å². The summed E-state index contributed by atoms with van der Waals surface area (Å²) in [4.78, 5) is 101. The maximum Gasteiger partial charge on any atom is 0.329 e. The molecule has 322 valence electrons. The Morgan fingerprint density at radius 3 is 2.45 bits per heavy atom. The van der Waals surface area contributed by atoms with Gasteiger partial charge in [0, 0.05) is 56.4 Å². The Morgan fingerprint density at radius 2 is 1.80 bits per heavy atom. The topological polar surface area (TPSA) is 202 Å². The third kappa shape index (κ3) is 10.4. The lowest BCUT2D eigenvalue weighted by molar-refractivity contribution is -0.148. The number of carbonyl (C=O) groups is 6. The lowest BCUT2D eigenvalue weighted by Gasteiger charge is -2.42. The number of hydrogen-bond donors (Lipinski definition) is 4. The van der Waals surface area contributed by atoms with Gasteiger partial charge in [-0.1, -0.05) is 32.9 Å². The highest BCUT2D eigenvalue weighted by molar-refractivity contribution is 6.01. The second-order valence-corrected chi connectivity index (χ2v) is 16.9. The Balaban J connectivity index is 1.26. The van der Waals surface area contributed by atoms with Gasteiger partial charge < -0.3 is 31.1 Å². The van der Waals surface area contributed by atoms with Gasteiger partial charge in [0.25, 0.3) is 5.91 Å². The predicted octanol–water partition coefficient (Wildman–Crippen LogP) is 3.71. The highest BCUT2D eigenvalue weighted by Gasteiger charge is 2.50. The maximum absolute atomic E-state index is 14.1. The van der Waals surface area contributed by atoms with Crippen LogP contribution < -0.4 is 26.2 Å². The molecular formula is C43H59N11O6. The normalized spacial score (nSPS) is 21.2.